The lowest BCUT2D eigenvalue weighted by Gasteiger charge is -1.98. The largest absolute Gasteiger partial charge is 0.330 e. The summed E-state index contributed by atoms with van der Waals surface area (Å²) in [5, 5.41) is 11.0. The number of hydrogen-bond donors (Lipinski definition) is 1. The SMILES string of the molecule is NCCCc1nnc(-c2ccc(I)c(Cl)c2)s1. The second-order valence-electron chi connectivity index (χ2n) is 3.52. The molecule has 0 aliphatic carbocycles. The maximum absolute atomic E-state index is 6.09. The molecule has 2 N–H and O–H groups in total. The Bertz CT molecular complexity index is 515. The Morgan fingerprint density at radius 2 is 2.18 bits per heavy atom. The van der Waals surface area contributed by atoms with Crippen molar-refractivity contribution < 1.29 is 0 Å². The van der Waals surface area contributed by atoms with Gasteiger partial charge in [0.25, 0.3) is 0 Å². The summed E-state index contributed by atoms with van der Waals surface area (Å²) >= 11 is 9.89. The molecule has 0 aliphatic heterocycles. The van der Waals surface area contributed by atoms with E-state index in [1.165, 1.54) is 0 Å². The minimum atomic E-state index is 0.685. The summed E-state index contributed by atoms with van der Waals surface area (Å²) in [7, 11) is 0. The molecule has 90 valence electrons. The predicted molar refractivity (Wildman–Crippen MR) is 80.4 cm³/mol. The van der Waals surface area contributed by atoms with Crippen molar-refractivity contribution in [3.05, 3.63) is 31.8 Å². The van der Waals surface area contributed by atoms with Gasteiger partial charge in [0.15, 0.2) is 0 Å². The first-order chi connectivity index (χ1) is 8.20. The molecule has 0 fully saturated rings. The van der Waals surface area contributed by atoms with Crippen LogP contribution in [-0.2, 0) is 6.42 Å². The third-order valence-corrected chi connectivity index (χ3v) is 4.83. The third kappa shape index (κ3) is 3.37. The Kier molecular flexibility index (Phi) is 4.72. The maximum Gasteiger partial charge on any atom is 0.147 e. The van der Waals surface area contributed by atoms with Gasteiger partial charge in [0.1, 0.15) is 10.0 Å². The molecule has 1 aromatic carbocycles. The van der Waals surface area contributed by atoms with Crippen molar-refractivity contribution in [1.82, 2.24) is 10.2 Å². The van der Waals surface area contributed by atoms with Gasteiger partial charge in [-0.25, -0.2) is 0 Å². The van der Waals surface area contributed by atoms with Gasteiger partial charge in [-0.1, -0.05) is 29.0 Å². The number of halogens is 2. The lowest BCUT2D eigenvalue weighted by molar-refractivity contribution is 0.812. The zero-order chi connectivity index (χ0) is 12.3. The number of aromatic nitrogens is 2. The van der Waals surface area contributed by atoms with Crippen LogP contribution in [0.5, 0.6) is 0 Å². The zero-order valence-electron chi connectivity index (χ0n) is 8.99. The van der Waals surface area contributed by atoms with Gasteiger partial charge in [0.2, 0.25) is 0 Å². The molecule has 2 rings (SSSR count). The van der Waals surface area contributed by atoms with Crippen molar-refractivity contribution in [2.45, 2.75) is 12.8 Å². The minimum absolute atomic E-state index is 0.685. The Labute approximate surface area is 123 Å². The fourth-order valence-electron chi connectivity index (χ4n) is 1.35. The zero-order valence-corrected chi connectivity index (χ0v) is 12.7. The number of nitrogens with zero attached hydrogens (tertiary/aromatic N) is 2. The summed E-state index contributed by atoms with van der Waals surface area (Å²) in [5.74, 6) is 0. The van der Waals surface area contributed by atoms with Crippen LogP contribution in [0.3, 0.4) is 0 Å². The molecule has 0 saturated heterocycles. The molecule has 6 heteroatoms. The number of nitrogens with two attached hydrogens (primary N) is 1. The van der Waals surface area contributed by atoms with E-state index in [4.69, 9.17) is 17.3 Å². The van der Waals surface area contributed by atoms with Gasteiger partial charge in [0.05, 0.1) is 5.02 Å². The first-order valence-corrected chi connectivity index (χ1v) is 7.46. The van der Waals surface area contributed by atoms with Gasteiger partial charge in [-0.05, 0) is 47.7 Å². The summed E-state index contributed by atoms with van der Waals surface area (Å²) in [6.45, 7) is 0.685. The van der Waals surface area contributed by atoms with E-state index < -0.39 is 0 Å². The number of rotatable bonds is 4. The molecule has 0 unspecified atom stereocenters. The minimum Gasteiger partial charge on any atom is -0.330 e. The van der Waals surface area contributed by atoms with Crippen LogP contribution in [-0.4, -0.2) is 16.7 Å². The molecule has 0 spiro atoms. The summed E-state index contributed by atoms with van der Waals surface area (Å²) < 4.78 is 1.04. The van der Waals surface area contributed by atoms with Crippen LogP contribution in [0.4, 0.5) is 0 Å². The Morgan fingerprint density at radius 1 is 1.35 bits per heavy atom. The smallest absolute Gasteiger partial charge is 0.147 e. The van der Waals surface area contributed by atoms with E-state index in [0.29, 0.717) is 6.54 Å². The van der Waals surface area contributed by atoms with E-state index in [9.17, 15) is 0 Å². The van der Waals surface area contributed by atoms with Gasteiger partial charge in [-0.15, -0.1) is 10.2 Å². The topological polar surface area (TPSA) is 51.8 Å². The third-order valence-electron chi connectivity index (χ3n) is 2.23. The highest BCUT2D eigenvalue weighted by Gasteiger charge is 2.08. The molecule has 0 radical (unpaired) electrons. The van der Waals surface area contributed by atoms with Gasteiger partial charge in [-0.3, -0.25) is 0 Å². The molecule has 1 heterocycles. The van der Waals surface area contributed by atoms with Crippen LogP contribution in [0.2, 0.25) is 5.02 Å². The van der Waals surface area contributed by atoms with E-state index in [1.54, 1.807) is 11.3 Å². The van der Waals surface area contributed by atoms with Crippen LogP contribution in [0.1, 0.15) is 11.4 Å². The summed E-state index contributed by atoms with van der Waals surface area (Å²) in [4.78, 5) is 0. The number of aryl methyl sites for hydroxylation is 1. The Hall–Kier alpha value is -0.240. The lowest BCUT2D eigenvalue weighted by atomic mass is 10.2. The fraction of sp³-hybridized carbons (Fsp3) is 0.273. The fourth-order valence-corrected chi connectivity index (χ4v) is 2.75. The molecule has 0 aliphatic rings. The average Bonchev–Trinajstić information content (AvgIpc) is 2.79. The quantitative estimate of drug-likeness (QED) is 0.829. The highest BCUT2D eigenvalue weighted by Crippen LogP contribution is 2.28. The summed E-state index contributed by atoms with van der Waals surface area (Å²) in [6.07, 6.45) is 1.84. The van der Waals surface area contributed by atoms with Gasteiger partial charge < -0.3 is 5.73 Å². The van der Waals surface area contributed by atoms with Gasteiger partial charge >= 0.3 is 0 Å². The number of benzene rings is 1. The van der Waals surface area contributed by atoms with Crippen LogP contribution >= 0.6 is 45.5 Å². The van der Waals surface area contributed by atoms with Crippen LogP contribution in [0, 0.1) is 3.57 Å². The van der Waals surface area contributed by atoms with Crippen LogP contribution < -0.4 is 5.73 Å². The van der Waals surface area contributed by atoms with Gasteiger partial charge in [-0.2, -0.15) is 0 Å². The molecule has 2 aromatic rings. The predicted octanol–water partition coefficient (Wildman–Crippen LogP) is 3.35. The summed E-state index contributed by atoms with van der Waals surface area (Å²) in [6, 6.07) is 5.93. The number of hydrogen-bond acceptors (Lipinski definition) is 4. The standard InChI is InChI=1S/C11H11ClIN3S/c12-8-6-7(3-4-9(8)13)11-16-15-10(17-11)2-1-5-14/h3-4,6H,1-2,5,14H2. The molecule has 1 aromatic heterocycles. The van der Waals surface area contributed by atoms with E-state index in [0.717, 1.165) is 37.0 Å². The molecular formula is C11H11ClIN3S. The highest BCUT2D eigenvalue weighted by atomic mass is 127. The molecule has 0 bridgehead atoms. The van der Waals surface area contributed by atoms with Crippen molar-refractivity contribution in [2.24, 2.45) is 5.73 Å². The van der Waals surface area contributed by atoms with Crippen molar-refractivity contribution >= 4 is 45.5 Å². The van der Waals surface area contributed by atoms with Crippen molar-refractivity contribution in [2.75, 3.05) is 6.54 Å². The van der Waals surface area contributed by atoms with Crippen LogP contribution in [0.15, 0.2) is 18.2 Å². The maximum atomic E-state index is 6.09. The van der Waals surface area contributed by atoms with Gasteiger partial charge in [0, 0.05) is 15.6 Å². The second kappa shape index (κ2) is 6.08. The molecule has 0 atom stereocenters. The van der Waals surface area contributed by atoms with E-state index in [1.807, 2.05) is 18.2 Å². The van der Waals surface area contributed by atoms with E-state index in [2.05, 4.69) is 32.8 Å². The molecular weight excluding hydrogens is 369 g/mol. The highest BCUT2D eigenvalue weighted by molar-refractivity contribution is 14.1. The molecule has 0 amide bonds. The van der Waals surface area contributed by atoms with Crippen molar-refractivity contribution in [1.29, 1.82) is 0 Å². The molecule has 17 heavy (non-hydrogen) atoms. The monoisotopic (exact) mass is 379 g/mol. The normalized spacial score (nSPS) is 10.8. The Morgan fingerprint density at radius 3 is 2.88 bits per heavy atom. The van der Waals surface area contributed by atoms with Crippen LogP contribution in [0.25, 0.3) is 10.6 Å². The van der Waals surface area contributed by atoms with Crippen molar-refractivity contribution in [3.63, 3.8) is 0 Å². The first-order valence-electron chi connectivity index (χ1n) is 5.18. The Balaban J connectivity index is 2.21. The lowest BCUT2D eigenvalue weighted by Crippen LogP contribution is -1.99. The first kappa shape index (κ1) is 13.2. The average molecular weight is 380 g/mol. The molecule has 0 saturated carbocycles. The van der Waals surface area contributed by atoms with Crippen molar-refractivity contribution in [3.8, 4) is 10.6 Å². The van der Waals surface area contributed by atoms with E-state index in [-0.39, 0.29) is 0 Å². The summed E-state index contributed by atoms with van der Waals surface area (Å²) in [5.41, 5.74) is 6.49. The second-order valence-corrected chi connectivity index (χ2v) is 6.15. The molecule has 3 nitrogen and oxygen atoms in total. The van der Waals surface area contributed by atoms with E-state index >= 15 is 0 Å².